The van der Waals surface area contributed by atoms with E-state index in [1.165, 1.54) is 0 Å². The minimum absolute atomic E-state index is 0.0484. The molecule has 4 heteroatoms. The fraction of sp³-hybridized carbons (Fsp3) is 0.333. The predicted octanol–water partition coefficient (Wildman–Crippen LogP) is 1.38. The van der Waals surface area contributed by atoms with Gasteiger partial charge in [-0.05, 0) is 12.5 Å². The molecule has 0 aliphatic heterocycles. The van der Waals surface area contributed by atoms with Gasteiger partial charge in [0, 0.05) is 6.54 Å². The Kier molecular flexibility index (Phi) is 4.51. The number of carboxylic acid groups (broad SMARTS) is 1. The second-order valence-electron chi connectivity index (χ2n) is 3.57. The molecule has 0 aliphatic carbocycles. The molecular formula is C12H15NO3. The van der Waals surface area contributed by atoms with Crippen LogP contribution in [-0.2, 0) is 9.59 Å². The molecule has 0 heterocycles. The summed E-state index contributed by atoms with van der Waals surface area (Å²) in [6.45, 7) is 1.97. The first kappa shape index (κ1) is 12.2. The van der Waals surface area contributed by atoms with Crippen molar-refractivity contribution >= 4 is 11.9 Å². The van der Waals surface area contributed by atoms with Crippen molar-refractivity contribution in [1.82, 2.24) is 5.32 Å². The minimum atomic E-state index is -0.910. The summed E-state index contributed by atoms with van der Waals surface area (Å²) in [5.41, 5.74) is 0.926. The Labute approximate surface area is 94.3 Å². The Morgan fingerprint density at radius 3 is 2.50 bits per heavy atom. The van der Waals surface area contributed by atoms with Crippen LogP contribution in [0.15, 0.2) is 30.3 Å². The van der Waals surface area contributed by atoms with Gasteiger partial charge in [0.1, 0.15) is 0 Å². The van der Waals surface area contributed by atoms with Crippen molar-refractivity contribution < 1.29 is 14.7 Å². The number of nitrogens with one attached hydrogen (secondary N) is 1. The van der Waals surface area contributed by atoms with E-state index in [2.05, 4.69) is 5.32 Å². The molecule has 1 aromatic rings. The summed E-state index contributed by atoms with van der Waals surface area (Å²) in [6, 6.07) is 9.38. The highest BCUT2D eigenvalue weighted by atomic mass is 16.4. The maximum Gasteiger partial charge on any atom is 0.305 e. The van der Waals surface area contributed by atoms with Crippen LogP contribution in [0.4, 0.5) is 0 Å². The molecular weight excluding hydrogens is 206 g/mol. The van der Waals surface area contributed by atoms with E-state index in [4.69, 9.17) is 5.11 Å². The number of rotatable bonds is 5. The van der Waals surface area contributed by atoms with E-state index in [-0.39, 0.29) is 24.8 Å². The molecule has 4 nitrogen and oxygen atoms in total. The summed E-state index contributed by atoms with van der Waals surface area (Å²) in [4.78, 5) is 21.9. The van der Waals surface area contributed by atoms with Gasteiger partial charge >= 0.3 is 5.97 Å². The highest BCUT2D eigenvalue weighted by Crippen LogP contribution is 2.13. The van der Waals surface area contributed by atoms with E-state index < -0.39 is 5.97 Å². The predicted molar refractivity (Wildman–Crippen MR) is 60.1 cm³/mol. The highest BCUT2D eigenvalue weighted by Gasteiger charge is 2.14. The number of amides is 1. The first-order valence-corrected chi connectivity index (χ1v) is 5.15. The molecule has 1 aromatic carbocycles. The molecule has 0 fully saturated rings. The number of carbonyl (C=O) groups is 2. The molecule has 2 N–H and O–H groups in total. The van der Waals surface area contributed by atoms with Crippen LogP contribution in [0, 0.1) is 0 Å². The standard InChI is InChI=1S/C12H15NO3/c1-9(10-5-3-2-4-6-10)12(16)13-8-7-11(14)15/h2-6,9H,7-8H2,1H3,(H,13,16)(H,14,15)/t9-/m1/s1. The van der Waals surface area contributed by atoms with Crippen molar-refractivity contribution in [3.63, 3.8) is 0 Å². The smallest absolute Gasteiger partial charge is 0.305 e. The highest BCUT2D eigenvalue weighted by molar-refractivity contribution is 5.83. The Bertz CT molecular complexity index is 362. The number of benzene rings is 1. The summed E-state index contributed by atoms with van der Waals surface area (Å²) in [5.74, 6) is -1.31. The molecule has 1 amide bonds. The lowest BCUT2D eigenvalue weighted by atomic mass is 10.0. The lowest BCUT2D eigenvalue weighted by Gasteiger charge is -2.11. The summed E-state index contributed by atoms with van der Waals surface area (Å²) in [7, 11) is 0. The normalized spacial score (nSPS) is 11.8. The SMILES string of the molecule is C[C@@H](C(=O)NCCC(=O)O)c1ccccc1. The van der Waals surface area contributed by atoms with Crippen molar-refractivity contribution in [2.24, 2.45) is 0 Å². The van der Waals surface area contributed by atoms with Crippen LogP contribution in [0.5, 0.6) is 0 Å². The van der Waals surface area contributed by atoms with E-state index in [1.54, 1.807) is 6.92 Å². The molecule has 0 bridgehead atoms. The fourth-order valence-corrected chi connectivity index (χ4v) is 1.34. The molecule has 1 rings (SSSR count). The zero-order valence-corrected chi connectivity index (χ0v) is 9.14. The number of carboxylic acids is 1. The topological polar surface area (TPSA) is 66.4 Å². The van der Waals surface area contributed by atoms with Crippen molar-refractivity contribution in [2.45, 2.75) is 19.3 Å². The molecule has 0 radical (unpaired) electrons. The van der Waals surface area contributed by atoms with Crippen LogP contribution in [0.25, 0.3) is 0 Å². The molecule has 16 heavy (non-hydrogen) atoms. The Morgan fingerprint density at radius 1 is 1.31 bits per heavy atom. The second kappa shape index (κ2) is 5.90. The maximum atomic E-state index is 11.6. The van der Waals surface area contributed by atoms with Crippen molar-refractivity contribution in [3.8, 4) is 0 Å². The first-order chi connectivity index (χ1) is 7.61. The molecule has 0 aromatic heterocycles. The summed E-state index contributed by atoms with van der Waals surface area (Å²) < 4.78 is 0. The van der Waals surface area contributed by atoms with Crippen LogP contribution in [0.3, 0.4) is 0 Å². The van der Waals surface area contributed by atoms with Gasteiger partial charge in [0.05, 0.1) is 12.3 Å². The maximum absolute atomic E-state index is 11.6. The summed E-state index contributed by atoms with van der Waals surface area (Å²) in [6.07, 6.45) is -0.0484. The zero-order valence-electron chi connectivity index (χ0n) is 9.14. The quantitative estimate of drug-likeness (QED) is 0.789. The molecule has 1 atom stereocenters. The molecule has 0 spiro atoms. The van der Waals surface area contributed by atoms with Crippen LogP contribution < -0.4 is 5.32 Å². The van der Waals surface area contributed by atoms with Crippen LogP contribution >= 0.6 is 0 Å². The molecule has 0 saturated heterocycles. The van der Waals surface area contributed by atoms with Crippen molar-refractivity contribution in [1.29, 1.82) is 0 Å². The Hall–Kier alpha value is -1.84. The van der Waals surface area contributed by atoms with Gasteiger partial charge in [-0.1, -0.05) is 30.3 Å². The van der Waals surface area contributed by atoms with E-state index in [0.29, 0.717) is 0 Å². The van der Waals surface area contributed by atoms with Gasteiger partial charge in [-0.2, -0.15) is 0 Å². The Morgan fingerprint density at radius 2 is 1.94 bits per heavy atom. The van der Waals surface area contributed by atoms with E-state index >= 15 is 0 Å². The van der Waals surface area contributed by atoms with E-state index in [9.17, 15) is 9.59 Å². The zero-order chi connectivity index (χ0) is 12.0. The number of hydrogen-bond acceptors (Lipinski definition) is 2. The summed E-state index contributed by atoms with van der Waals surface area (Å²) in [5, 5.41) is 11.0. The number of carbonyl (C=O) groups excluding carboxylic acids is 1. The lowest BCUT2D eigenvalue weighted by Crippen LogP contribution is -2.29. The summed E-state index contributed by atoms with van der Waals surface area (Å²) >= 11 is 0. The van der Waals surface area contributed by atoms with Gasteiger partial charge in [0.15, 0.2) is 0 Å². The average Bonchev–Trinajstić information content (AvgIpc) is 2.28. The fourth-order valence-electron chi connectivity index (χ4n) is 1.34. The molecule has 0 unspecified atom stereocenters. The lowest BCUT2D eigenvalue weighted by molar-refractivity contribution is -0.136. The van der Waals surface area contributed by atoms with Crippen LogP contribution in [0.2, 0.25) is 0 Å². The monoisotopic (exact) mass is 221 g/mol. The van der Waals surface area contributed by atoms with E-state index in [1.807, 2.05) is 30.3 Å². The molecule has 0 saturated carbocycles. The number of hydrogen-bond donors (Lipinski definition) is 2. The second-order valence-corrected chi connectivity index (χ2v) is 3.57. The van der Waals surface area contributed by atoms with E-state index in [0.717, 1.165) is 5.56 Å². The van der Waals surface area contributed by atoms with Gasteiger partial charge in [-0.3, -0.25) is 9.59 Å². The van der Waals surface area contributed by atoms with Crippen LogP contribution in [-0.4, -0.2) is 23.5 Å². The minimum Gasteiger partial charge on any atom is -0.481 e. The number of aliphatic carboxylic acids is 1. The third kappa shape index (κ3) is 3.73. The first-order valence-electron chi connectivity index (χ1n) is 5.15. The van der Waals surface area contributed by atoms with Gasteiger partial charge in [0.25, 0.3) is 0 Å². The van der Waals surface area contributed by atoms with Crippen molar-refractivity contribution in [3.05, 3.63) is 35.9 Å². The van der Waals surface area contributed by atoms with Crippen molar-refractivity contribution in [2.75, 3.05) is 6.54 Å². The van der Waals surface area contributed by atoms with Gasteiger partial charge in [0.2, 0.25) is 5.91 Å². The van der Waals surface area contributed by atoms with Gasteiger partial charge in [-0.25, -0.2) is 0 Å². The third-order valence-corrected chi connectivity index (χ3v) is 2.33. The largest absolute Gasteiger partial charge is 0.481 e. The average molecular weight is 221 g/mol. The molecule has 86 valence electrons. The third-order valence-electron chi connectivity index (χ3n) is 2.33. The van der Waals surface area contributed by atoms with Crippen LogP contribution in [0.1, 0.15) is 24.8 Å². The Balaban J connectivity index is 2.45. The van der Waals surface area contributed by atoms with Gasteiger partial charge < -0.3 is 10.4 Å². The molecule has 0 aliphatic rings. The van der Waals surface area contributed by atoms with Gasteiger partial charge in [-0.15, -0.1) is 0 Å².